The van der Waals surface area contributed by atoms with Crippen LogP contribution >= 0.6 is 0 Å². The van der Waals surface area contributed by atoms with E-state index in [1.54, 1.807) is 0 Å². The van der Waals surface area contributed by atoms with Gasteiger partial charge < -0.3 is 4.42 Å². The molecule has 3 heterocycles. The van der Waals surface area contributed by atoms with Crippen molar-refractivity contribution in [3.63, 3.8) is 0 Å². The number of furan rings is 1. The molecule has 67 heavy (non-hydrogen) atoms. The van der Waals surface area contributed by atoms with Gasteiger partial charge >= 0.3 is 0 Å². The third-order valence-corrected chi connectivity index (χ3v) is 12.9. The van der Waals surface area contributed by atoms with Gasteiger partial charge in [0.15, 0.2) is 23.1 Å². The molecule has 5 heteroatoms. The molecule has 3 aromatic heterocycles. The molecule has 0 fully saturated rings. The number of hydrogen-bond acceptors (Lipinski definition) is 5. The van der Waals surface area contributed by atoms with Crippen LogP contribution in [0.1, 0.15) is 0 Å². The second kappa shape index (κ2) is 15.9. The summed E-state index contributed by atoms with van der Waals surface area (Å²) >= 11 is 0. The highest BCUT2D eigenvalue weighted by Crippen LogP contribution is 2.48. The molecule has 13 rings (SSSR count). The Bertz CT molecular complexity index is 3910. The van der Waals surface area contributed by atoms with Crippen LogP contribution < -0.4 is 0 Å². The zero-order valence-electron chi connectivity index (χ0n) is 36.1. The van der Waals surface area contributed by atoms with E-state index in [0.717, 1.165) is 83.4 Å². The van der Waals surface area contributed by atoms with Crippen molar-refractivity contribution in [1.29, 1.82) is 0 Å². The normalized spacial score (nSPS) is 11.6. The molecule has 0 N–H and O–H groups in total. The summed E-state index contributed by atoms with van der Waals surface area (Å²) in [5, 5.41) is 9.49. The van der Waals surface area contributed by atoms with E-state index in [1.807, 2.05) is 66.7 Å². The van der Waals surface area contributed by atoms with Gasteiger partial charge in [0.2, 0.25) is 0 Å². The standard InChI is InChI=1S/C62H38N4O/c1-4-16-41(17-5-1)57-59-56(52-26-14-15-27-54(52)63-57)55(46-36-37-51-49-24-11-10-22-47(49)48-23-12-13-25-50(48)53(51)38-46)58(67-59)42-32-28-39(29-33-42)40-30-34-45(35-31-40)62-65-60(43-18-6-2-7-19-43)64-61(66-62)44-20-8-3-9-21-44/h1-38H. The maximum absolute atomic E-state index is 7.22. The van der Waals surface area contributed by atoms with Crippen LogP contribution in [0, 0.1) is 0 Å². The van der Waals surface area contributed by atoms with Crippen molar-refractivity contribution in [2.75, 3.05) is 0 Å². The van der Waals surface area contributed by atoms with Crippen LogP contribution in [0.25, 0.3) is 133 Å². The van der Waals surface area contributed by atoms with Gasteiger partial charge in [-0.15, -0.1) is 0 Å². The summed E-state index contributed by atoms with van der Waals surface area (Å²) in [6.07, 6.45) is 0. The largest absolute Gasteiger partial charge is 0.453 e. The van der Waals surface area contributed by atoms with Gasteiger partial charge in [0.25, 0.3) is 0 Å². The molecular weight excluding hydrogens is 817 g/mol. The van der Waals surface area contributed by atoms with E-state index in [-0.39, 0.29) is 0 Å². The third-order valence-electron chi connectivity index (χ3n) is 12.9. The van der Waals surface area contributed by atoms with Crippen molar-refractivity contribution in [2.45, 2.75) is 0 Å². The van der Waals surface area contributed by atoms with E-state index in [9.17, 15) is 0 Å². The number of hydrogen-bond donors (Lipinski definition) is 0. The molecule has 0 aliphatic heterocycles. The third kappa shape index (κ3) is 6.64. The van der Waals surface area contributed by atoms with E-state index < -0.39 is 0 Å². The number of nitrogens with zero attached hydrogens (tertiary/aromatic N) is 4. The zero-order valence-corrected chi connectivity index (χ0v) is 36.1. The first-order valence-electron chi connectivity index (χ1n) is 22.5. The Kier molecular flexibility index (Phi) is 9.10. The molecule has 0 atom stereocenters. The number of aromatic nitrogens is 4. The van der Waals surface area contributed by atoms with Gasteiger partial charge in [-0.1, -0.05) is 218 Å². The molecule has 0 aliphatic rings. The minimum absolute atomic E-state index is 0.624. The Hall–Kier alpha value is -9.06. The molecule has 0 aliphatic carbocycles. The Morgan fingerprint density at radius 2 is 0.657 bits per heavy atom. The second-order valence-corrected chi connectivity index (χ2v) is 16.9. The Morgan fingerprint density at radius 3 is 1.19 bits per heavy atom. The highest BCUT2D eigenvalue weighted by atomic mass is 16.3. The summed E-state index contributed by atoms with van der Waals surface area (Å²) in [5.74, 6) is 2.70. The number of pyridine rings is 1. The smallest absolute Gasteiger partial charge is 0.164 e. The molecular formula is C62H38N4O. The Labute approximate surface area is 386 Å². The summed E-state index contributed by atoms with van der Waals surface area (Å²) in [7, 11) is 0. The Morgan fingerprint density at radius 1 is 0.269 bits per heavy atom. The van der Waals surface area contributed by atoms with Crippen LogP contribution in [0.4, 0.5) is 0 Å². The van der Waals surface area contributed by atoms with Crippen molar-refractivity contribution in [3.8, 4) is 79.0 Å². The summed E-state index contributed by atoms with van der Waals surface area (Å²) in [6, 6.07) is 80.5. The minimum Gasteiger partial charge on any atom is -0.453 e. The lowest BCUT2D eigenvalue weighted by molar-refractivity contribution is 0.632. The van der Waals surface area contributed by atoms with Gasteiger partial charge in [0, 0.05) is 44.2 Å². The maximum atomic E-state index is 7.22. The quantitative estimate of drug-likeness (QED) is 0.149. The fraction of sp³-hybridized carbons (Fsp3) is 0. The molecule has 0 unspecified atom stereocenters. The van der Waals surface area contributed by atoms with E-state index in [1.165, 1.54) is 32.3 Å². The molecule has 13 aromatic rings. The van der Waals surface area contributed by atoms with Crippen molar-refractivity contribution < 1.29 is 4.42 Å². The van der Waals surface area contributed by atoms with Gasteiger partial charge in [0.05, 0.1) is 5.52 Å². The average Bonchev–Trinajstić information content (AvgIpc) is 3.82. The zero-order chi connectivity index (χ0) is 44.3. The van der Waals surface area contributed by atoms with E-state index >= 15 is 0 Å². The van der Waals surface area contributed by atoms with Gasteiger partial charge in [-0.05, 0) is 61.1 Å². The summed E-state index contributed by atoms with van der Waals surface area (Å²) in [5.41, 5.74) is 11.6. The average molecular weight is 855 g/mol. The fourth-order valence-corrected chi connectivity index (χ4v) is 9.71. The van der Waals surface area contributed by atoms with Crippen LogP contribution in [0.15, 0.2) is 235 Å². The Balaban J connectivity index is 0.956. The number of benzene rings is 10. The number of rotatable bonds is 7. The van der Waals surface area contributed by atoms with Gasteiger partial charge in [-0.2, -0.15) is 0 Å². The highest BCUT2D eigenvalue weighted by Gasteiger charge is 2.25. The predicted molar refractivity (Wildman–Crippen MR) is 275 cm³/mol. The van der Waals surface area contributed by atoms with Crippen molar-refractivity contribution in [3.05, 3.63) is 231 Å². The van der Waals surface area contributed by atoms with Gasteiger partial charge in [0.1, 0.15) is 11.5 Å². The van der Waals surface area contributed by atoms with Crippen LogP contribution in [0.3, 0.4) is 0 Å². The molecule has 0 saturated heterocycles. The summed E-state index contributed by atoms with van der Waals surface area (Å²) in [4.78, 5) is 20.0. The van der Waals surface area contributed by atoms with Crippen molar-refractivity contribution in [2.24, 2.45) is 0 Å². The molecule has 10 aromatic carbocycles. The lowest BCUT2D eigenvalue weighted by Gasteiger charge is -2.13. The number of para-hydroxylation sites is 1. The first-order chi connectivity index (χ1) is 33.2. The summed E-state index contributed by atoms with van der Waals surface area (Å²) in [6.45, 7) is 0. The van der Waals surface area contributed by atoms with Crippen LogP contribution in [0.5, 0.6) is 0 Å². The fourth-order valence-electron chi connectivity index (χ4n) is 9.71. The first kappa shape index (κ1) is 38.4. The van der Waals surface area contributed by atoms with E-state index in [2.05, 4.69) is 164 Å². The summed E-state index contributed by atoms with van der Waals surface area (Å²) < 4.78 is 7.22. The molecule has 0 radical (unpaired) electrons. The van der Waals surface area contributed by atoms with Crippen molar-refractivity contribution >= 4 is 54.2 Å². The molecule has 0 amide bonds. The van der Waals surface area contributed by atoms with E-state index in [0.29, 0.717) is 17.5 Å². The second-order valence-electron chi connectivity index (χ2n) is 16.9. The van der Waals surface area contributed by atoms with E-state index in [4.69, 9.17) is 24.4 Å². The SMILES string of the molecule is c1ccc(-c2nc(-c3ccccc3)nc(-c3ccc(-c4ccc(-c5oc6c(-c7ccccc7)nc7ccccc7c6c5-c5ccc6c7ccccc7c7ccccc7c6c5)cc4)cc3)n2)cc1. The lowest BCUT2D eigenvalue weighted by Crippen LogP contribution is -2.00. The maximum Gasteiger partial charge on any atom is 0.164 e. The predicted octanol–water partition coefficient (Wildman–Crippen LogP) is 16.3. The van der Waals surface area contributed by atoms with Crippen LogP contribution in [-0.2, 0) is 0 Å². The topological polar surface area (TPSA) is 64.7 Å². The first-order valence-corrected chi connectivity index (χ1v) is 22.5. The van der Waals surface area contributed by atoms with Crippen LogP contribution in [-0.4, -0.2) is 19.9 Å². The molecule has 0 bridgehead atoms. The number of fused-ring (bicyclic) bond motifs is 9. The molecule has 0 spiro atoms. The van der Waals surface area contributed by atoms with Gasteiger partial charge in [-0.25, -0.2) is 19.9 Å². The lowest BCUT2D eigenvalue weighted by atomic mass is 9.90. The monoisotopic (exact) mass is 854 g/mol. The van der Waals surface area contributed by atoms with Crippen LogP contribution in [0.2, 0.25) is 0 Å². The molecule has 5 nitrogen and oxygen atoms in total. The molecule has 0 saturated carbocycles. The van der Waals surface area contributed by atoms with Crippen molar-refractivity contribution in [1.82, 2.24) is 19.9 Å². The highest BCUT2D eigenvalue weighted by molar-refractivity contribution is 6.26. The molecule has 312 valence electrons. The van der Waals surface area contributed by atoms with Gasteiger partial charge in [-0.3, -0.25) is 0 Å². The minimum atomic E-state index is 0.624.